The van der Waals surface area contributed by atoms with Crippen LogP contribution in [0.5, 0.6) is 0 Å². The van der Waals surface area contributed by atoms with Crippen molar-refractivity contribution in [3.8, 4) is 0 Å². The molecule has 14 heavy (non-hydrogen) atoms. The Kier molecular flexibility index (Phi) is 10.3. The first-order chi connectivity index (χ1) is 6.49. The Labute approximate surface area is 91.1 Å². The van der Waals surface area contributed by atoms with E-state index in [0.717, 1.165) is 6.42 Å². The topological polar surface area (TPSA) is 0 Å². The highest BCUT2D eigenvalue weighted by molar-refractivity contribution is 5.09. The van der Waals surface area contributed by atoms with Crippen LogP contribution in [0.2, 0.25) is 0 Å². The van der Waals surface area contributed by atoms with E-state index in [-0.39, 0.29) is 0 Å². The second kappa shape index (κ2) is 9.05. The fourth-order valence-corrected chi connectivity index (χ4v) is 1.08. The van der Waals surface area contributed by atoms with Crippen molar-refractivity contribution in [2.24, 2.45) is 5.41 Å². The molecule has 0 fully saturated rings. The highest BCUT2D eigenvalue weighted by Gasteiger charge is 2.09. The van der Waals surface area contributed by atoms with Gasteiger partial charge >= 0.3 is 0 Å². The van der Waals surface area contributed by atoms with E-state index in [1.807, 2.05) is 19.9 Å². The van der Waals surface area contributed by atoms with Crippen LogP contribution in [0.25, 0.3) is 0 Å². The van der Waals surface area contributed by atoms with Gasteiger partial charge in [-0.05, 0) is 24.7 Å². The van der Waals surface area contributed by atoms with Gasteiger partial charge in [-0.1, -0.05) is 65.8 Å². The fourth-order valence-electron chi connectivity index (χ4n) is 1.08. The first kappa shape index (κ1) is 15.9. The van der Waals surface area contributed by atoms with E-state index in [1.54, 1.807) is 0 Å². The van der Waals surface area contributed by atoms with Crippen LogP contribution in [0.15, 0.2) is 24.3 Å². The summed E-state index contributed by atoms with van der Waals surface area (Å²) in [6, 6.07) is 0. The van der Waals surface area contributed by atoms with Crippen molar-refractivity contribution in [2.45, 2.75) is 60.8 Å². The number of hydrogen-bond acceptors (Lipinski definition) is 0. The van der Waals surface area contributed by atoms with Gasteiger partial charge in [-0.25, -0.2) is 0 Å². The predicted octanol–water partition coefficient (Wildman–Crippen LogP) is 5.36. The largest absolute Gasteiger partial charge is 0.0991 e. The molecular weight excluding hydrogens is 168 g/mol. The molecule has 0 aliphatic rings. The van der Waals surface area contributed by atoms with Gasteiger partial charge in [0.1, 0.15) is 0 Å². The zero-order valence-corrected chi connectivity index (χ0v) is 11.0. The zero-order valence-electron chi connectivity index (χ0n) is 11.0. The van der Waals surface area contributed by atoms with Crippen LogP contribution in [0.4, 0.5) is 0 Å². The SMILES string of the molecule is C=C/C=C(\CC)CCC(C)(C)C.CC. The maximum Gasteiger partial charge on any atom is -0.0312 e. The maximum absolute atomic E-state index is 3.72. The molecule has 0 aromatic rings. The summed E-state index contributed by atoms with van der Waals surface area (Å²) in [5, 5.41) is 0. The van der Waals surface area contributed by atoms with Gasteiger partial charge in [0.15, 0.2) is 0 Å². The van der Waals surface area contributed by atoms with Crippen LogP contribution in [-0.4, -0.2) is 0 Å². The van der Waals surface area contributed by atoms with E-state index >= 15 is 0 Å². The van der Waals surface area contributed by atoms with Gasteiger partial charge in [0, 0.05) is 0 Å². The Morgan fingerprint density at radius 3 is 2.00 bits per heavy atom. The lowest BCUT2D eigenvalue weighted by molar-refractivity contribution is 0.376. The first-order valence-corrected chi connectivity index (χ1v) is 5.80. The van der Waals surface area contributed by atoms with E-state index in [0.29, 0.717) is 5.41 Å². The summed E-state index contributed by atoms with van der Waals surface area (Å²) >= 11 is 0. The first-order valence-electron chi connectivity index (χ1n) is 5.80. The van der Waals surface area contributed by atoms with Crippen LogP contribution >= 0.6 is 0 Å². The molecule has 0 rings (SSSR count). The Balaban J connectivity index is 0. The molecule has 0 radical (unpaired) electrons. The summed E-state index contributed by atoms with van der Waals surface area (Å²) in [6.45, 7) is 16.8. The minimum absolute atomic E-state index is 0.454. The summed E-state index contributed by atoms with van der Waals surface area (Å²) in [5.74, 6) is 0. The molecular formula is C14H28. The highest BCUT2D eigenvalue weighted by atomic mass is 14.2. The number of rotatable bonds is 4. The van der Waals surface area contributed by atoms with Crippen molar-refractivity contribution >= 4 is 0 Å². The minimum Gasteiger partial charge on any atom is -0.0991 e. The third-order valence-corrected chi connectivity index (χ3v) is 2.00. The number of allylic oxidation sites excluding steroid dienone is 3. The summed E-state index contributed by atoms with van der Waals surface area (Å²) < 4.78 is 0. The van der Waals surface area contributed by atoms with Crippen molar-refractivity contribution < 1.29 is 0 Å². The molecule has 0 aliphatic carbocycles. The van der Waals surface area contributed by atoms with Crippen molar-refractivity contribution in [3.63, 3.8) is 0 Å². The summed E-state index contributed by atoms with van der Waals surface area (Å²) in [4.78, 5) is 0. The lowest BCUT2D eigenvalue weighted by Crippen LogP contribution is -2.04. The Bertz CT molecular complexity index is 155. The lowest BCUT2D eigenvalue weighted by Gasteiger charge is -2.18. The van der Waals surface area contributed by atoms with Crippen LogP contribution in [0.1, 0.15) is 60.8 Å². The molecule has 0 spiro atoms. The molecule has 0 saturated heterocycles. The lowest BCUT2D eigenvalue weighted by atomic mass is 9.88. The van der Waals surface area contributed by atoms with Gasteiger partial charge in [-0.2, -0.15) is 0 Å². The van der Waals surface area contributed by atoms with Crippen LogP contribution < -0.4 is 0 Å². The average molecular weight is 196 g/mol. The third kappa shape index (κ3) is 11.5. The molecule has 0 aromatic heterocycles. The third-order valence-electron chi connectivity index (χ3n) is 2.00. The van der Waals surface area contributed by atoms with Gasteiger partial charge in [-0.15, -0.1) is 0 Å². The zero-order chi connectivity index (χ0) is 11.6. The van der Waals surface area contributed by atoms with Gasteiger partial charge in [0.05, 0.1) is 0 Å². The van der Waals surface area contributed by atoms with Crippen molar-refractivity contribution in [3.05, 3.63) is 24.3 Å². The van der Waals surface area contributed by atoms with Crippen molar-refractivity contribution in [1.29, 1.82) is 0 Å². The maximum atomic E-state index is 3.72. The molecule has 0 N–H and O–H groups in total. The van der Waals surface area contributed by atoms with Crippen molar-refractivity contribution in [2.75, 3.05) is 0 Å². The Morgan fingerprint density at radius 1 is 1.21 bits per heavy atom. The van der Waals surface area contributed by atoms with Crippen LogP contribution in [0, 0.1) is 5.41 Å². The smallest absolute Gasteiger partial charge is 0.0312 e. The molecule has 0 aliphatic heterocycles. The molecule has 0 amide bonds. The second-order valence-corrected chi connectivity index (χ2v) is 4.47. The molecule has 0 saturated carbocycles. The van der Waals surface area contributed by atoms with E-state index < -0.39 is 0 Å². The molecule has 0 atom stereocenters. The molecule has 0 unspecified atom stereocenters. The molecule has 0 heteroatoms. The second-order valence-electron chi connectivity index (χ2n) is 4.47. The predicted molar refractivity (Wildman–Crippen MR) is 68.6 cm³/mol. The van der Waals surface area contributed by atoms with Gasteiger partial charge in [0.25, 0.3) is 0 Å². The Hall–Kier alpha value is -0.520. The van der Waals surface area contributed by atoms with E-state index in [9.17, 15) is 0 Å². The Morgan fingerprint density at radius 2 is 1.71 bits per heavy atom. The molecule has 0 heterocycles. The molecule has 0 nitrogen and oxygen atoms in total. The van der Waals surface area contributed by atoms with Crippen LogP contribution in [-0.2, 0) is 0 Å². The minimum atomic E-state index is 0.454. The summed E-state index contributed by atoms with van der Waals surface area (Å²) in [5.41, 5.74) is 1.97. The average Bonchev–Trinajstić information content (AvgIpc) is 2.14. The summed E-state index contributed by atoms with van der Waals surface area (Å²) in [7, 11) is 0. The molecule has 0 aromatic carbocycles. The van der Waals surface area contributed by atoms with Gasteiger partial charge in [-0.3, -0.25) is 0 Å². The molecule has 0 bridgehead atoms. The monoisotopic (exact) mass is 196 g/mol. The van der Waals surface area contributed by atoms with Gasteiger partial charge < -0.3 is 0 Å². The van der Waals surface area contributed by atoms with E-state index in [2.05, 4.69) is 40.3 Å². The quantitative estimate of drug-likeness (QED) is 0.531. The van der Waals surface area contributed by atoms with Crippen molar-refractivity contribution in [1.82, 2.24) is 0 Å². The normalized spacial score (nSPS) is 11.7. The van der Waals surface area contributed by atoms with E-state index in [4.69, 9.17) is 0 Å². The fraction of sp³-hybridized carbons (Fsp3) is 0.714. The van der Waals surface area contributed by atoms with Crippen LogP contribution in [0.3, 0.4) is 0 Å². The van der Waals surface area contributed by atoms with Gasteiger partial charge in [0.2, 0.25) is 0 Å². The summed E-state index contributed by atoms with van der Waals surface area (Å²) in [6.07, 6.45) is 7.67. The highest BCUT2D eigenvalue weighted by Crippen LogP contribution is 2.24. The number of hydrogen-bond donors (Lipinski definition) is 0. The van der Waals surface area contributed by atoms with E-state index in [1.165, 1.54) is 18.4 Å². The molecule has 84 valence electrons. The standard InChI is InChI=1S/C12H22.C2H6/c1-6-8-11(7-2)9-10-12(3,4)5;1-2/h6,8H,1,7,9-10H2,2-5H3;1-2H3/b11-8+;.